The number of amides is 1. The zero-order chi connectivity index (χ0) is 22.8. The van der Waals surface area contributed by atoms with Gasteiger partial charge in [0.1, 0.15) is 23.9 Å². The third-order valence-corrected chi connectivity index (χ3v) is 4.75. The number of nitrogens with zero attached hydrogens (tertiary/aromatic N) is 3. The van der Waals surface area contributed by atoms with Gasteiger partial charge in [0.05, 0.1) is 30.9 Å². The highest BCUT2D eigenvalue weighted by molar-refractivity contribution is 7.84. The summed E-state index contributed by atoms with van der Waals surface area (Å²) in [6.07, 6.45) is -2.32. The van der Waals surface area contributed by atoms with Crippen LogP contribution in [0.2, 0.25) is 0 Å². The fraction of sp³-hybridized carbons (Fsp3) is 0.200. The van der Waals surface area contributed by atoms with E-state index in [9.17, 15) is 18.0 Å². The Balaban J connectivity index is 1.67. The Labute approximate surface area is 182 Å². The first-order chi connectivity index (χ1) is 14.5. The maximum absolute atomic E-state index is 12.4. The second-order valence-electron chi connectivity index (χ2n) is 7.16. The highest BCUT2D eigenvalue weighted by Gasteiger charge is 2.31. The number of carbonyl (C=O) groups is 1. The van der Waals surface area contributed by atoms with Crippen LogP contribution in [-0.2, 0) is 4.79 Å². The van der Waals surface area contributed by atoms with Gasteiger partial charge in [-0.15, -0.1) is 25.8 Å². The number of alkyl halides is 3. The van der Waals surface area contributed by atoms with E-state index in [4.69, 9.17) is 5.73 Å². The maximum atomic E-state index is 12.4. The summed E-state index contributed by atoms with van der Waals surface area (Å²) in [6, 6.07) is 12.7. The van der Waals surface area contributed by atoms with Gasteiger partial charge in [-0.1, -0.05) is 0 Å². The number of carbonyl (C=O) groups excluding carboxylic acids is 1. The van der Waals surface area contributed by atoms with Crippen LogP contribution in [0, 0.1) is 0 Å². The number of halogens is 3. The van der Waals surface area contributed by atoms with Crippen LogP contribution < -0.4 is 25.4 Å². The molecule has 0 saturated heterocycles. The second kappa shape index (κ2) is 8.61. The summed E-state index contributed by atoms with van der Waals surface area (Å²) in [5.41, 5.74) is 10.8. The second-order valence-corrected chi connectivity index (χ2v) is 7.68. The van der Waals surface area contributed by atoms with Gasteiger partial charge in [-0.05, 0) is 42.0 Å². The van der Waals surface area contributed by atoms with Crippen molar-refractivity contribution in [1.29, 1.82) is 0 Å². The van der Waals surface area contributed by atoms with Crippen LogP contribution in [0.1, 0.15) is 11.7 Å². The first kappa shape index (κ1) is 22.7. The average Bonchev–Trinajstić information content (AvgIpc) is 3.17. The van der Waals surface area contributed by atoms with E-state index < -0.39 is 6.36 Å². The fourth-order valence-corrected chi connectivity index (χ4v) is 3.00. The predicted octanol–water partition coefficient (Wildman–Crippen LogP) is 3.46. The highest BCUT2D eigenvalue weighted by atomic mass is 32.1. The molecule has 1 aliphatic rings. The number of rotatable bonds is 5. The number of benzene rings is 2. The number of hydrazine groups is 1. The van der Waals surface area contributed by atoms with Crippen molar-refractivity contribution in [3.8, 4) is 5.75 Å². The molecule has 0 spiro atoms. The number of hydrogen-bond donors (Lipinski definition) is 3. The molecule has 11 heteroatoms. The number of aliphatic imine (C=N–C) groups is 1. The summed E-state index contributed by atoms with van der Waals surface area (Å²) < 4.78 is 40.7. The van der Waals surface area contributed by atoms with Gasteiger partial charge in [-0.25, -0.2) is 14.3 Å². The van der Waals surface area contributed by atoms with E-state index in [1.165, 1.54) is 30.3 Å². The molecule has 1 aliphatic heterocycles. The topological polar surface area (TPSA) is 80.0 Å². The van der Waals surface area contributed by atoms with Gasteiger partial charge in [-0.3, -0.25) is 5.01 Å². The lowest BCUT2D eigenvalue weighted by Crippen LogP contribution is -2.45. The third-order valence-electron chi connectivity index (χ3n) is 4.62. The molecule has 3 N–H and O–H groups in total. The lowest BCUT2D eigenvalue weighted by molar-refractivity contribution is -0.274. The Bertz CT molecular complexity index is 1000. The van der Waals surface area contributed by atoms with Gasteiger partial charge >= 0.3 is 12.3 Å². The molecule has 31 heavy (non-hydrogen) atoms. The molecular formula is C20H21F3N5O2S+. The van der Waals surface area contributed by atoms with E-state index in [1.807, 2.05) is 24.3 Å². The molecule has 164 valence electrons. The molecule has 1 heterocycles. The quantitative estimate of drug-likeness (QED) is 0.368. The van der Waals surface area contributed by atoms with Crippen molar-refractivity contribution in [3.63, 3.8) is 0 Å². The third kappa shape index (κ3) is 5.57. The molecule has 2 aromatic carbocycles. The Morgan fingerprint density at radius 2 is 1.81 bits per heavy atom. The minimum atomic E-state index is -4.74. The fourth-order valence-electron chi connectivity index (χ4n) is 2.89. The highest BCUT2D eigenvalue weighted by Crippen LogP contribution is 2.28. The number of hydrogen-bond acceptors (Lipinski definition) is 7. The van der Waals surface area contributed by atoms with Gasteiger partial charge in [-0.2, -0.15) is 5.43 Å². The van der Waals surface area contributed by atoms with Crippen molar-refractivity contribution >= 4 is 36.2 Å². The zero-order valence-electron chi connectivity index (χ0n) is 16.7. The molecule has 0 fully saturated rings. The van der Waals surface area contributed by atoms with Crippen molar-refractivity contribution < 1.29 is 22.7 Å². The molecule has 7 nitrogen and oxygen atoms in total. The van der Waals surface area contributed by atoms with E-state index in [0.717, 1.165) is 11.3 Å². The van der Waals surface area contributed by atoms with Crippen molar-refractivity contribution in [3.05, 3.63) is 65.2 Å². The summed E-state index contributed by atoms with van der Waals surface area (Å²) >= 11 is 3.94. The first-order valence-electron chi connectivity index (χ1n) is 9.05. The van der Waals surface area contributed by atoms with Gasteiger partial charge in [0.25, 0.3) is 0 Å². The first-order valence-corrected chi connectivity index (χ1v) is 9.50. The molecule has 0 aliphatic carbocycles. The van der Waals surface area contributed by atoms with E-state index >= 15 is 0 Å². The SMILES string of the molecule is C[N+](C)(C(=O)/C=C(/N)S)c1ccc(C2N=CN(c3ccc(OC(F)(F)F)cc3)N2)cc1. The summed E-state index contributed by atoms with van der Waals surface area (Å²) in [6.45, 7) is 0. The number of thiol groups is 1. The number of nitrogens with two attached hydrogens (primary N) is 1. The number of likely N-dealkylation sites (N-methyl/N-ethyl adjacent to an activating group) is 1. The Hall–Kier alpha value is -3.02. The minimum absolute atomic E-state index is 0.0403. The van der Waals surface area contributed by atoms with Crippen molar-refractivity contribution in [2.75, 3.05) is 19.1 Å². The molecule has 1 atom stereocenters. The molecule has 0 radical (unpaired) electrons. The normalized spacial score (nSPS) is 17.2. The Kier molecular flexibility index (Phi) is 6.30. The van der Waals surface area contributed by atoms with E-state index in [2.05, 4.69) is 27.8 Å². The Morgan fingerprint density at radius 1 is 1.19 bits per heavy atom. The molecule has 1 amide bonds. The number of anilines is 1. The van der Waals surface area contributed by atoms with Crippen LogP contribution in [-0.4, -0.2) is 32.7 Å². The molecule has 2 aromatic rings. The lowest BCUT2D eigenvalue weighted by atomic mass is 10.1. The molecule has 0 saturated carbocycles. The summed E-state index contributed by atoms with van der Waals surface area (Å²) in [5.74, 6) is -0.522. The number of quaternary nitrogens is 1. The van der Waals surface area contributed by atoms with Crippen LogP contribution in [0.15, 0.2) is 64.6 Å². The maximum Gasteiger partial charge on any atom is 0.573 e. The number of nitrogens with one attached hydrogen (secondary N) is 1. The van der Waals surface area contributed by atoms with Gasteiger partial charge < -0.3 is 10.5 Å². The molecule has 0 bridgehead atoms. The zero-order valence-corrected chi connectivity index (χ0v) is 17.6. The van der Waals surface area contributed by atoms with Crippen LogP contribution in [0.5, 0.6) is 5.75 Å². The van der Waals surface area contributed by atoms with E-state index in [-0.39, 0.29) is 27.3 Å². The summed E-state index contributed by atoms with van der Waals surface area (Å²) in [5, 5.41) is 1.73. The predicted molar refractivity (Wildman–Crippen MR) is 116 cm³/mol. The van der Waals surface area contributed by atoms with Crippen LogP contribution in [0.3, 0.4) is 0 Å². The number of ether oxygens (including phenoxy) is 1. The molecule has 0 aromatic heterocycles. The van der Waals surface area contributed by atoms with Crippen LogP contribution >= 0.6 is 12.6 Å². The lowest BCUT2D eigenvalue weighted by Gasteiger charge is -2.25. The van der Waals surface area contributed by atoms with Crippen LogP contribution in [0.25, 0.3) is 0 Å². The van der Waals surface area contributed by atoms with Gasteiger partial charge in [0.15, 0.2) is 0 Å². The monoisotopic (exact) mass is 452 g/mol. The largest absolute Gasteiger partial charge is 0.573 e. The summed E-state index contributed by atoms with van der Waals surface area (Å²) in [7, 11) is 3.48. The van der Waals surface area contributed by atoms with Crippen molar-refractivity contribution in [2.45, 2.75) is 12.5 Å². The smallest absolute Gasteiger partial charge is 0.406 e. The average molecular weight is 452 g/mol. The van der Waals surface area contributed by atoms with Crippen molar-refractivity contribution in [1.82, 2.24) is 9.91 Å². The standard InChI is InChI=1S/C20H20F3N5O2S/c1-28(2,18(29)11-17(24)31)15-7-3-13(4-8-15)19-25-12-27(26-19)14-5-9-16(10-6-14)30-20(21,22)23/h3-12,19,26H,1-2H3,(H2-,24,29,31)/p+1. The van der Waals surface area contributed by atoms with E-state index in [0.29, 0.717) is 5.69 Å². The van der Waals surface area contributed by atoms with Crippen molar-refractivity contribution in [2.24, 2.45) is 10.7 Å². The molecule has 1 unspecified atom stereocenters. The van der Waals surface area contributed by atoms with Crippen LogP contribution in [0.4, 0.5) is 24.5 Å². The molecule has 3 rings (SSSR count). The van der Waals surface area contributed by atoms with Gasteiger partial charge in [0.2, 0.25) is 0 Å². The van der Waals surface area contributed by atoms with E-state index in [1.54, 1.807) is 25.4 Å². The van der Waals surface area contributed by atoms with Gasteiger partial charge in [0, 0.05) is 12.1 Å². The summed E-state index contributed by atoms with van der Waals surface area (Å²) in [4.78, 5) is 16.8. The molecular weight excluding hydrogens is 431 g/mol. The Morgan fingerprint density at radius 3 is 2.35 bits per heavy atom. The minimum Gasteiger partial charge on any atom is -0.406 e.